The number of hydrogen-bond acceptors (Lipinski definition) is 7. The lowest BCUT2D eigenvalue weighted by atomic mass is 10.2. The van der Waals surface area contributed by atoms with E-state index < -0.39 is 14.9 Å². The van der Waals surface area contributed by atoms with Crippen LogP contribution in [0.2, 0.25) is 5.02 Å². The van der Waals surface area contributed by atoms with Crippen molar-refractivity contribution >= 4 is 33.0 Å². The summed E-state index contributed by atoms with van der Waals surface area (Å²) in [4.78, 5) is 12.6. The first-order valence-electron chi connectivity index (χ1n) is 9.25. The van der Waals surface area contributed by atoms with Crippen LogP contribution in [0.5, 0.6) is 5.75 Å². The van der Waals surface area contributed by atoms with Crippen LogP contribution in [0.1, 0.15) is 0 Å². The molecule has 0 aromatic heterocycles. The second kappa shape index (κ2) is 9.61. The molecule has 0 bridgehead atoms. The summed E-state index contributed by atoms with van der Waals surface area (Å²) in [5.41, 5.74) is 0.0268. The zero-order chi connectivity index (χ0) is 21.7. The highest BCUT2D eigenvalue weighted by atomic mass is 35.5. The van der Waals surface area contributed by atoms with Crippen LogP contribution in [0.3, 0.4) is 0 Å². The maximum atomic E-state index is 12.8. The van der Waals surface area contributed by atoms with Crippen molar-refractivity contribution in [2.45, 2.75) is 4.90 Å². The van der Waals surface area contributed by atoms with E-state index in [1.54, 1.807) is 36.2 Å². The van der Waals surface area contributed by atoms with E-state index in [1.807, 2.05) is 0 Å². The monoisotopic (exact) mass is 455 g/mol. The predicted octanol–water partition coefficient (Wildman–Crippen LogP) is 2.78. The molecule has 1 heterocycles. The molecule has 0 amide bonds. The topological polar surface area (TPSA) is 102 Å². The van der Waals surface area contributed by atoms with Crippen LogP contribution >= 0.6 is 11.6 Å². The lowest BCUT2D eigenvalue weighted by Gasteiger charge is -2.26. The molecule has 1 saturated heterocycles. The van der Waals surface area contributed by atoms with E-state index in [-0.39, 0.29) is 30.3 Å². The molecular formula is C19H22ClN3O6S. The molecule has 0 saturated carbocycles. The fraction of sp³-hybridized carbons (Fsp3) is 0.368. The van der Waals surface area contributed by atoms with E-state index >= 15 is 0 Å². The Morgan fingerprint density at radius 2 is 1.87 bits per heavy atom. The number of morpholine rings is 1. The van der Waals surface area contributed by atoms with E-state index in [9.17, 15) is 18.5 Å². The smallest absolute Gasteiger partial charge is 0.293 e. The molecule has 2 aromatic rings. The molecular weight excluding hydrogens is 434 g/mol. The third kappa shape index (κ3) is 5.20. The van der Waals surface area contributed by atoms with E-state index in [0.29, 0.717) is 36.2 Å². The Hall–Kier alpha value is -2.40. The number of ether oxygens (including phenoxy) is 2. The van der Waals surface area contributed by atoms with E-state index in [4.69, 9.17) is 21.1 Å². The normalized spacial score (nSPS) is 15.0. The summed E-state index contributed by atoms with van der Waals surface area (Å²) in [6.45, 7) is 1.69. The summed E-state index contributed by atoms with van der Waals surface area (Å²) in [5, 5.41) is 12.2. The zero-order valence-electron chi connectivity index (χ0n) is 16.4. The van der Waals surface area contributed by atoms with Gasteiger partial charge in [0.25, 0.3) is 5.69 Å². The van der Waals surface area contributed by atoms with Crippen LogP contribution < -0.4 is 9.64 Å². The number of likely N-dealkylation sites (N-methyl/N-ethyl adjacent to an activating group) is 1. The van der Waals surface area contributed by atoms with Crippen molar-refractivity contribution in [2.75, 3.05) is 51.4 Å². The average molecular weight is 456 g/mol. The van der Waals surface area contributed by atoms with E-state index in [2.05, 4.69) is 0 Å². The summed E-state index contributed by atoms with van der Waals surface area (Å²) < 4.78 is 37.7. The minimum absolute atomic E-state index is 0.106. The molecule has 1 fully saturated rings. The molecule has 2 aromatic carbocycles. The molecule has 9 nitrogen and oxygen atoms in total. The van der Waals surface area contributed by atoms with Crippen molar-refractivity contribution in [1.29, 1.82) is 0 Å². The molecule has 0 atom stereocenters. The predicted molar refractivity (Wildman–Crippen MR) is 113 cm³/mol. The van der Waals surface area contributed by atoms with Crippen LogP contribution in [0, 0.1) is 10.1 Å². The van der Waals surface area contributed by atoms with Crippen LogP contribution in [-0.2, 0) is 14.8 Å². The fourth-order valence-corrected chi connectivity index (χ4v) is 4.57. The lowest BCUT2D eigenvalue weighted by Crippen LogP contribution is -2.40. The van der Waals surface area contributed by atoms with E-state index in [1.165, 1.54) is 16.4 Å². The third-order valence-electron chi connectivity index (χ3n) is 4.67. The number of nitro groups is 1. The summed E-state index contributed by atoms with van der Waals surface area (Å²) >= 11 is 5.84. The standard InChI is InChI=1S/C19H22ClN3O6S/c1-21(8-13-29-16-4-2-15(20)3-5-16)18-7-6-17(14-19(18)23(24)25)30(26,27)22-9-11-28-12-10-22/h2-7,14H,8-13H2,1H3. The molecule has 0 unspecified atom stereocenters. The molecule has 0 aliphatic carbocycles. The van der Waals surface area contributed by atoms with Crippen molar-refractivity contribution < 1.29 is 22.8 Å². The zero-order valence-corrected chi connectivity index (χ0v) is 17.9. The summed E-state index contributed by atoms with van der Waals surface area (Å²) in [5.74, 6) is 0.634. The van der Waals surface area contributed by atoms with Crippen molar-refractivity contribution in [3.8, 4) is 5.75 Å². The number of halogens is 1. The number of anilines is 1. The van der Waals surface area contributed by atoms with Gasteiger partial charge in [-0.1, -0.05) is 11.6 Å². The van der Waals surface area contributed by atoms with Crippen LogP contribution in [0.15, 0.2) is 47.4 Å². The molecule has 162 valence electrons. The molecule has 0 N–H and O–H groups in total. The summed E-state index contributed by atoms with van der Waals surface area (Å²) in [7, 11) is -2.14. The van der Waals surface area contributed by atoms with Crippen LogP contribution in [0.4, 0.5) is 11.4 Å². The fourth-order valence-electron chi connectivity index (χ4n) is 3.02. The number of nitrogens with zero attached hydrogens (tertiary/aromatic N) is 3. The SMILES string of the molecule is CN(CCOc1ccc(Cl)cc1)c1ccc(S(=O)(=O)N2CCOCC2)cc1[N+](=O)[O-]. The molecule has 0 spiro atoms. The highest BCUT2D eigenvalue weighted by Crippen LogP contribution is 2.31. The van der Waals surface area contributed by atoms with Crippen molar-refractivity contribution in [1.82, 2.24) is 4.31 Å². The van der Waals surface area contributed by atoms with Gasteiger partial charge in [0.2, 0.25) is 10.0 Å². The Kier molecular flexibility index (Phi) is 7.14. The van der Waals surface area contributed by atoms with Gasteiger partial charge < -0.3 is 14.4 Å². The van der Waals surface area contributed by atoms with Crippen molar-refractivity contribution in [3.05, 3.63) is 57.6 Å². The maximum absolute atomic E-state index is 12.8. The minimum Gasteiger partial charge on any atom is -0.492 e. The molecule has 30 heavy (non-hydrogen) atoms. The number of rotatable bonds is 8. The summed E-state index contributed by atoms with van der Waals surface area (Å²) in [6.07, 6.45) is 0. The Bertz CT molecular complexity index is 994. The van der Waals surface area contributed by atoms with Gasteiger partial charge in [-0.3, -0.25) is 10.1 Å². The van der Waals surface area contributed by atoms with Crippen LogP contribution in [-0.4, -0.2) is 64.1 Å². The highest BCUT2D eigenvalue weighted by molar-refractivity contribution is 7.89. The maximum Gasteiger partial charge on any atom is 0.293 e. The largest absolute Gasteiger partial charge is 0.492 e. The number of benzene rings is 2. The third-order valence-corrected chi connectivity index (χ3v) is 6.82. The average Bonchev–Trinajstić information content (AvgIpc) is 2.75. The first-order valence-corrected chi connectivity index (χ1v) is 11.1. The molecule has 1 aliphatic heterocycles. The first-order chi connectivity index (χ1) is 14.3. The molecule has 11 heteroatoms. The first kappa shape index (κ1) is 22.3. The van der Waals surface area contributed by atoms with Gasteiger partial charge in [0, 0.05) is 31.2 Å². The molecule has 1 aliphatic rings. The van der Waals surface area contributed by atoms with Gasteiger partial charge in [0.1, 0.15) is 18.0 Å². The number of nitro benzene ring substituents is 1. The van der Waals surface area contributed by atoms with Gasteiger partial charge in [-0.25, -0.2) is 8.42 Å². The Balaban J connectivity index is 1.74. The van der Waals surface area contributed by atoms with Crippen molar-refractivity contribution in [3.63, 3.8) is 0 Å². The molecule has 3 rings (SSSR count). The second-order valence-corrected chi connectivity index (χ2v) is 9.02. The van der Waals surface area contributed by atoms with Gasteiger partial charge in [-0.15, -0.1) is 0 Å². The minimum atomic E-state index is -3.82. The Labute approximate surface area is 180 Å². The van der Waals surface area contributed by atoms with Gasteiger partial charge in [0.15, 0.2) is 0 Å². The summed E-state index contributed by atoms with van der Waals surface area (Å²) in [6, 6.07) is 10.8. The van der Waals surface area contributed by atoms with Gasteiger partial charge in [0.05, 0.1) is 29.6 Å². The Morgan fingerprint density at radius 1 is 1.20 bits per heavy atom. The molecule has 0 radical (unpaired) electrons. The quantitative estimate of drug-likeness (QED) is 0.445. The number of sulfonamides is 1. The second-order valence-electron chi connectivity index (χ2n) is 6.65. The number of hydrogen-bond donors (Lipinski definition) is 0. The van der Waals surface area contributed by atoms with Gasteiger partial charge >= 0.3 is 0 Å². The van der Waals surface area contributed by atoms with E-state index in [0.717, 1.165) is 6.07 Å². The Morgan fingerprint density at radius 3 is 2.50 bits per heavy atom. The van der Waals surface area contributed by atoms with Gasteiger partial charge in [-0.2, -0.15) is 4.31 Å². The highest BCUT2D eigenvalue weighted by Gasteiger charge is 2.29. The lowest BCUT2D eigenvalue weighted by molar-refractivity contribution is -0.384. The van der Waals surface area contributed by atoms with Crippen molar-refractivity contribution in [2.24, 2.45) is 0 Å². The van der Waals surface area contributed by atoms with Gasteiger partial charge in [-0.05, 0) is 36.4 Å². The van der Waals surface area contributed by atoms with Crippen LogP contribution in [0.25, 0.3) is 0 Å².